The maximum Gasteiger partial charge on any atom is 0.340 e. The Bertz CT molecular complexity index is 684. The second-order valence-corrected chi connectivity index (χ2v) is 6.76. The van der Waals surface area contributed by atoms with Crippen LogP contribution in [0.5, 0.6) is 0 Å². The number of aryl methyl sites for hydroxylation is 2. The van der Waals surface area contributed by atoms with Gasteiger partial charge in [-0.1, -0.05) is 11.6 Å². The normalized spacial score (nSPS) is 17.1. The average molecular weight is 299 g/mol. The van der Waals surface area contributed by atoms with Crippen LogP contribution in [0.2, 0.25) is 0 Å². The number of carbonyl (C=O) groups is 1. The molecule has 0 saturated carbocycles. The maximum absolute atomic E-state index is 12.6. The lowest BCUT2D eigenvalue weighted by atomic mass is 10.1. The van der Waals surface area contributed by atoms with Crippen molar-refractivity contribution in [2.45, 2.75) is 32.1 Å². The molecule has 1 aliphatic heterocycles. The molecule has 110 valence electrons. The summed E-state index contributed by atoms with van der Waals surface area (Å²) in [5.41, 5.74) is 0.865. The van der Waals surface area contributed by atoms with Gasteiger partial charge in [0.15, 0.2) is 0 Å². The van der Waals surface area contributed by atoms with Crippen molar-refractivity contribution in [1.82, 2.24) is 4.31 Å². The van der Waals surface area contributed by atoms with Gasteiger partial charge < -0.3 is 9.52 Å². The van der Waals surface area contributed by atoms with E-state index in [9.17, 15) is 18.3 Å². The topological polar surface area (TPSA) is 87.8 Å². The number of nitrogens with zero attached hydrogens (tertiary/aromatic N) is 1. The molecule has 0 radical (unpaired) electrons. The van der Waals surface area contributed by atoms with E-state index in [1.165, 1.54) is 18.2 Å². The molecule has 20 heavy (non-hydrogen) atoms. The Hall–Kier alpha value is -1.60. The Morgan fingerprint density at radius 2 is 1.95 bits per heavy atom. The first-order chi connectivity index (χ1) is 9.25. The standard InChI is InChI=1S/C13H17NO5S/c1-8-4-6-14(7-5-8)20(17,18)12-10(3)19-9(2)11(12)13(15)16/h4H,5-7H2,1-3H3,(H,15,16). The van der Waals surface area contributed by atoms with Crippen LogP contribution < -0.4 is 0 Å². The largest absolute Gasteiger partial charge is 0.478 e. The van der Waals surface area contributed by atoms with Gasteiger partial charge >= 0.3 is 5.97 Å². The molecule has 1 aromatic rings. The zero-order chi connectivity index (χ0) is 15.1. The molecule has 2 heterocycles. The summed E-state index contributed by atoms with van der Waals surface area (Å²) >= 11 is 0. The first-order valence-corrected chi connectivity index (χ1v) is 7.68. The fourth-order valence-corrected chi connectivity index (χ4v) is 4.08. The average Bonchev–Trinajstić information content (AvgIpc) is 2.65. The summed E-state index contributed by atoms with van der Waals surface area (Å²) in [6.07, 6.45) is 2.49. The third kappa shape index (κ3) is 2.38. The van der Waals surface area contributed by atoms with Gasteiger partial charge in [-0.3, -0.25) is 0 Å². The van der Waals surface area contributed by atoms with Crippen molar-refractivity contribution >= 4 is 16.0 Å². The molecule has 6 nitrogen and oxygen atoms in total. The number of carboxylic acid groups (broad SMARTS) is 1. The van der Waals surface area contributed by atoms with Crippen LogP contribution >= 0.6 is 0 Å². The van der Waals surface area contributed by atoms with Crippen molar-refractivity contribution in [3.05, 3.63) is 28.7 Å². The summed E-state index contributed by atoms with van der Waals surface area (Å²) in [4.78, 5) is 11.1. The van der Waals surface area contributed by atoms with Crippen LogP contribution in [-0.4, -0.2) is 36.9 Å². The van der Waals surface area contributed by atoms with E-state index in [1.54, 1.807) is 0 Å². The number of hydrogen-bond donors (Lipinski definition) is 1. The molecule has 0 atom stereocenters. The molecule has 0 aliphatic carbocycles. The Morgan fingerprint density at radius 3 is 2.45 bits per heavy atom. The van der Waals surface area contributed by atoms with Crippen LogP contribution in [0.15, 0.2) is 21.0 Å². The summed E-state index contributed by atoms with van der Waals surface area (Å²) < 4.78 is 31.7. The number of furan rings is 1. The lowest BCUT2D eigenvalue weighted by molar-refractivity contribution is 0.0691. The highest BCUT2D eigenvalue weighted by Gasteiger charge is 2.35. The Labute approximate surface area is 117 Å². The number of sulfonamides is 1. The van der Waals surface area contributed by atoms with Crippen molar-refractivity contribution in [3.63, 3.8) is 0 Å². The fourth-order valence-electron chi connectivity index (χ4n) is 2.32. The Balaban J connectivity index is 2.53. The van der Waals surface area contributed by atoms with Gasteiger partial charge in [0.25, 0.3) is 0 Å². The minimum atomic E-state index is -3.86. The van der Waals surface area contributed by atoms with Crippen molar-refractivity contribution in [3.8, 4) is 0 Å². The monoisotopic (exact) mass is 299 g/mol. The van der Waals surface area contributed by atoms with Crippen molar-refractivity contribution in [1.29, 1.82) is 0 Å². The molecule has 1 N–H and O–H groups in total. The SMILES string of the molecule is CC1=CCN(S(=O)(=O)c2c(C)oc(C)c2C(=O)O)CC1. The predicted octanol–water partition coefficient (Wildman–Crippen LogP) is 1.94. The van der Waals surface area contributed by atoms with E-state index in [1.807, 2.05) is 13.0 Å². The molecule has 1 aromatic heterocycles. The molecule has 0 saturated heterocycles. The van der Waals surface area contributed by atoms with Crippen LogP contribution in [-0.2, 0) is 10.0 Å². The number of rotatable bonds is 3. The van der Waals surface area contributed by atoms with Gasteiger partial charge in [-0.25, -0.2) is 13.2 Å². The van der Waals surface area contributed by atoms with E-state index in [0.717, 1.165) is 5.57 Å². The molecule has 1 aliphatic rings. The fraction of sp³-hybridized carbons (Fsp3) is 0.462. The summed E-state index contributed by atoms with van der Waals surface area (Å²) in [5, 5.41) is 9.21. The van der Waals surface area contributed by atoms with Crippen LogP contribution in [0.3, 0.4) is 0 Å². The lowest BCUT2D eigenvalue weighted by Crippen LogP contribution is -2.35. The first-order valence-electron chi connectivity index (χ1n) is 6.24. The molecule has 0 aromatic carbocycles. The molecular weight excluding hydrogens is 282 g/mol. The van der Waals surface area contributed by atoms with Gasteiger partial charge in [0.1, 0.15) is 22.0 Å². The van der Waals surface area contributed by atoms with Gasteiger partial charge in [0, 0.05) is 13.1 Å². The highest BCUT2D eigenvalue weighted by molar-refractivity contribution is 7.89. The second kappa shape index (κ2) is 5.06. The molecular formula is C13H17NO5S. The zero-order valence-corrected chi connectivity index (χ0v) is 12.5. The van der Waals surface area contributed by atoms with E-state index >= 15 is 0 Å². The summed E-state index contributed by atoms with van der Waals surface area (Å²) in [7, 11) is -3.86. The number of carboxylic acids is 1. The van der Waals surface area contributed by atoms with E-state index in [0.29, 0.717) is 13.0 Å². The summed E-state index contributed by atoms with van der Waals surface area (Å²) in [6, 6.07) is 0. The zero-order valence-electron chi connectivity index (χ0n) is 11.6. The Kier molecular flexibility index (Phi) is 3.75. The highest BCUT2D eigenvalue weighted by atomic mass is 32.2. The van der Waals surface area contributed by atoms with Crippen LogP contribution in [0, 0.1) is 13.8 Å². The smallest absolute Gasteiger partial charge is 0.340 e. The minimum absolute atomic E-state index is 0.109. The molecule has 0 bridgehead atoms. The third-order valence-corrected chi connectivity index (χ3v) is 5.43. The molecule has 0 unspecified atom stereocenters. The van der Waals surface area contributed by atoms with E-state index < -0.39 is 16.0 Å². The number of aromatic carboxylic acids is 1. The van der Waals surface area contributed by atoms with Gasteiger partial charge in [0.05, 0.1) is 0 Å². The van der Waals surface area contributed by atoms with Crippen molar-refractivity contribution < 1.29 is 22.7 Å². The quantitative estimate of drug-likeness (QED) is 0.862. The predicted molar refractivity (Wildman–Crippen MR) is 72.3 cm³/mol. The first kappa shape index (κ1) is 14.8. The summed E-state index contributed by atoms with van der Waals surface area (Å²) in [6.45, 7) is 5.48. The molecule has 2 rings (SSSR count). The van der Waals surface area contributed by atoms with E-state index in [-0.39, 0.29) is 28.5 Å². The molecule has 0 fully saturated rings. The third-order valence-electron chi connectivity index (χ3n) is 3.42. The molecule has 0 spiro atoms. The number of hydrogen-bond acceptors (Lipinski definition) is 4. The van der Waals surface area contributed by atoms with E-state index in [4.69, 9.17) is 4.42 Å². The lowest BCUT2D eigenvalue weighted by Gasteiger charge is -2.24. The molecule has 0 amide bonds. The molecule has 7 heteroatoms. The maximum atomic E-state index is 12.6. The van der Waals surface area contributed by atoms with Gasteiger partial charge in [-0.2, -0.15) is 4.31 Å². The van der Waals surface area contributed by atoms with Crippen molar-refractivity contribution in [2.24, 2.45) is 0 Å². The van der Waals surface area contributed by atoms with Gasteiger partial charge in [0.2, 0.25) is 10.0 Å². The van der Waals surface area contributed by atoms with Crippen LogP contribution in [0.1, 0.15) is 35.2 Å². The van der Waals surface area contributed by atoms with Gasteiger partial charge in [-0.05, 0) is 27.2 Å². The van der Waals surface area contributed by atoms with E-state index in [2.05, 4.69) is 0 Å². The van der Waals surface area contributed by atoms with Crippen molar-refractivity contribution in [2.75, 3.05) is 13.1 Å². The second-order valence-electron chi connectivity index (χ2n) is 4.89. The summed E-state index contributed by atoms with van der Waals surface area (Å²) in [5.74, 6) is -1.06. The highest BCUT2D eigenvalue weighted by Crippen LogP contribution is 2.30. The van der Waals surface area contributed by atoms with Crippen LogP contribution in [0.4, 0.5) is 0 Å². The Morgan fingerprint density at radius 1 is 1.30 bits per heavy atom. The van der Waals surface area contributed by atoms with Gasteiger partial charge in [-0.15, -0.1) is 0 Å². The van der Waals surface area contributed by atoms with Crippen LogP contribution in [0.25, 0.3) is 0 Å². The minimum Gasteiger partial charge on any atom is -0.478 e.